The highest BCUT2D eigenvalue weighted by Gasteiger charge is 2.10. The standard InChI is InChI=1S/C16H16Br2O/c17-12-14(13-6-8-15(18)9-7-13)10-11-19-16-4-2-1-3-5-16/h1-9,14H,10-12H2. The topological polar surface area (TPSA) is 9.23 Å². The third-order valence-corrected chi connectivity index (χ3v) is 4.32. The fraction of sp³-hybridized carbons (Fsp3) is 0.250. The van der Waals surface area contributed by atoms with Crippen LogP contribution < -0.4 is 4.74 Å². The zero-order valence-electron chi connectivity index (χ0n) is 10.6. The van der Waals surface area contributed by atoms with Gasteiger partial charge in [-0.25, -0.2) is 0 Å². The monoisotopic (exact) mass is 382 g/mol. The summed E-state index contributed by atoms with van der Waals surface area (Å²) in [6.07, 6.45) is 1.00. The summed E-state index contributed by atoms with van der Waals surface area (Å²) in [6.45, 7) is 0.732. The maximum Gasteiger partial charge on any atom is 0.119 e. The summed E-state index contributed by atoms with van der Waals surface area (Å²) in [6, 6.07) is 18.5. The number of rotatable bonds is 6. The van der Waals surface area contributed by atoms with E-state index in [1.54, 1.807) is 0 Å². The molecule has 1 nitrogen and oxygen atoms in total. The van der Waals surface area contributed by atoms with Crippen LogP contribution in [0.1, 0.15) is 17.9 Å². The first-order chi connectivity index (χ1) is 9.29. The molecule has 0 radical (unpaired) electrons. The molecule has 1 unspecified atom stereocenters. The Morgan fingerprint density at radius 2 is 1.63 bits per heavy atom. The molecule has 0 saturated heterocycles. The van der Waals surface area contributed by atoms with E-state index in [9.17, 15) is 0 Å². The lowest BCUT2D eigenvalue weighted by Crippen LogP contribution is -2.07. The number of benzene rings is 2. The van der Waals surface area contributed by atoms with Gasteiger partial charge in [0.05, 0.1) is 6.61 Å². The molecule has 0 aliphatic rings. The lowest BCUT2D eigenvalue weighted by molar-refractivity contribution is 0.302. The lowest BCUT2D eigenvalue weighted by Gasteiger charge is -2.15. The van der Waals surface area contributed by atoms with Crippen LogP contribution in [-0.4, -0.2) is 11.9 Å². The fourth-order valence-electron chi connectivity index (χ4n) is 1.90. The molecule has 0 N–H and O–H groups in total. The maximum atomic E-state index is 5.75. The van der Waals surface area contributed by atoms with Gasteiger partial charge in [0.15, 0.2) is 0 Å². The Kier molecular flexibility index (Phi) is 5.93. The minimum absolute atomic E-state index is 0.483. The molecule has 0 aliphatic heterocycles. The van der Waals surface area contributed by atoms with Crippen LogP contribution in [0, 0.1) is 0 Å². The molecule has 0 fully saturated rings. The van der Waals surface area contributed by atoms with Crippen molar-refractivity contribution in [3.05, 3.63) is 64.6 Å². The van der Waals surface area contributed by atoms with E-state index in [4.69, 9.17) is 4.74 Å². The third-order valence-electron chi connectivity index (χ3n) is 3.01. The van der Waals surface area contributed by atoms with Crippen LogP contribution in [0.5, 0.6) is 5.75 Å². The highest BCUT2D eigenvalue weighted by atomic mass is 79.9. The molecule has 2 rings (SSSR count). The molecule has 0 aliphatic carbocycles. The molecule has 19 heavy (non-hydrogen) atoms. The number of hydrogen-bond donors (Lipinski definition) is 0. The summed E-state index contributed by atoms with van der Waals surface area (Å²) in [7, 11) is 0. The van der Waals surface area contributed by atoms with Crippen LogP contribution in [0.3, 0.4) is 0 Å². The fourth-order valence-corrected chi connectivity index (χ4v) is 2.87. The van der Waals surface area contributed by atoms with Gasteiger partial charge in [-0.3, -0.25) is 0 Å². The Labute approximate surface area is 131 Å². The Bertz CT molecular complexity index is 482. The van der Waals surface area contributed by atoms with Crippen molar-refractivity contribution in [3.63, 3.8) is 0 Å². The van der Waals surface area contributed by atoms with Crippen molar-refractivity contribution in [1.82, 2.24) is 0 Å². The van der Waals surface area contributed by atoms with Gasteiger partial charge in [-0.15, -0.1) is 0 Å². The van der Waals surface area contributed by atoms with Crippen LogP contribution in [0.4, 0.5) is 0 Å². The SMILES string of the molecule is BrCC(CCOc1ccccc1)c1ccc(Br)cc1. The zero-order valence-corrected chi connectivity index (χ0v) is 13.7. The summed E-state index contributed by atoms with van der Waals surface area (Å²) < 4.78 is 6.87. The Balaban J connectivity index is 1.87. The highest BCUT2D eigenvalue weighted by Crippen LogP contribution is 2.24. The molecular weight excluding hydrogens is 368 g/mol. The first-order valence-corrected chi connectivity index (χ1v) is 8.20. The molecule has 2 aromatic carbocycles. The second-order valence-corrected chi connectivity index (χ2v) is 5.92. The predicted molar refractivity (Wildman–Crippen MR) is 87.2 cm³/mol. The van der Waals surface area contributed by atoms with Crippen molar-refractivity contribution >= 4 is 31.9 Å². The van der Waals surface area contributed by atoms with Gasteiger partial charge in [0.1, 0.15) is 5.75 Å². The van der Waals surface area contributed by atoms with Crippen molar-refractivity contribution < 1.29 is 4.74 Å². The second kappa shape index (κ2) is 7.71. The van der Waals surface area contributed by atoms with E-state index in [2.05, 4.69) is 56.1 Å². The van der Waals surface area contributed by atoms with Crippen LogP contribution in [0.25, 0.3) is 0 Å². The molecule has 0 bridgehead atoms. The number of halogens is 2. The van der Waals surface area contributed by atoms with Crippen molar-refractivity contribution in [2.75, 3.05) is 11.9 Å². The van der Waals surface area contributed by atoms with Crippen molar-refractivity contribution in [2.45, 2.75) is 12.3 Å². The van der Waals surface area contributed by atoms with Gasteiger partial charge >= 0.3 is 0 Å². The molecule has 2 aromatic rings. The number of ether oxygens (including phenoxy) is 1. The minimum Gasteiger partial charge on any atom is -0.494 e. The van der Waals surface area contributed by atoms with E-state index < -0.39 is 0 Å². The van der Waals surface area contributed by atoms with Crippen LogP contribution >= 0.6 is 31.9 Å². The van der Waals surface area contributed by atoms with E-state index >= 15 is 0 Å². The molecule has 1 atom stereocenters. The number of alkyl halides is 1. The highest BCUT2D eigenvalue weighted by molar-refractivity contribution is 9.10. The van der Waals surface area contributed by atoms with Crippen molar-refractivity contribution in [3.8, 4) is 5.75 Å². The van der Waals surface area contributed by atoms with Gasteiger partial charge in [-0.05, 0) is 42.2 Å². The summed E-state index contributed by atoms with van der Waals surface area (Å²) in [4.78, 5) is 0. The largest absolute Gasteiger partial charge is 0.494 e. The predicted octanol–water partition coefficient (Wildman–Crippen LogP) is 5.40. The maximum absolute atomic E-state index is 5.75. The van der Waals surface area contributed by atoms with Crippen molar-refractivity contribution in [1.29, 1.82) is 0 Å². The van der Waals surface area contributed by atoms with Gasteiger partial charge in [0, 0.05) is 9.80 Å². The van der Waals surface area contributed by atoms with Crippen LogP contribution in [0.2, 0.25) is 0 Å². The third kappa shape index (κ3) is 4.66. The van der Waals surface area contributed by atoms with Gasteiger partial charge in [0.25, 0.3) is 0 Å². The summed E-state index contributed by atoms with van der Waals surface area (Å²) in [5, 5.41) is 0.951. The Hall–Kier alpha value is -0.800. The second-order valence-electron chi connectivity index (χ2n) is 4.35. The normalized spacial score (nSPS) is 12.1. The van der Waals surface area contributed by atoms with Crippen LogP contribution in [0.15, 0.2) is 59.1 Å². The van der Waals surface area contributed by atoms with Crippen molar-refractivity contribution in [2.24, 2.45) is 0 Å². The molecule has 0 heterocycles. The van der Waals surface area contributed by atoms with Gasteiger partial charge in [-0.2, -0.15) is 0 Å². The summed E-state index contributed by atoms with van der Waals surface area (Å²) >= 11 is 7.05. The van der Waals surface area contributed by atoms with E-state index in [1.807, 2.05) is 30.3 Å². The van der Waals surface area contributed by atoms with Gasteiger partial charge in [-0.1, -0.05) is 62.2 Å². The Morgan fingerprint density at radius 3 is 2.26 bits per heavy atom. The summed E-state index contributed by atoms with van der Waals surface area (Å²) in [5.41, 5.74) is 1.34. The van der Waals surface area contributed by atoms with Gasteiger partial charge in [0.2, 0.25) is 0 Å². The first kappa shape index (κ1) is 14.6. The first-order valence-electron chi connectivity index (χ1n) is 6.29. The quantitative estimate of drug-likeness (QED) is 0.607. The van der Waals surface area contributed by atoms with Gasteiger partial charge < -0.3 is 4.74 Å². The molecule has 0 saturated carbocycles. The molecule has 100 valence electrons. The molecular formula is C16H16Br2O. The molecule has 0 aromatic heterocycles. The smallest absolute Gasteiger partial charge is 0.119 e. The van der Waals surface area contributed by atoms with Crippen LogP contribution in [-0.2, 0) is 0 Å². The summed E-state index contributed by atoms with van der Waals surface area (Å²) in [5.74, 6) is 1.42. The average Bonchev–Trinajstić information content (AvgIpc) is 2.46. The molecule has 0 amide bonds. The van der Waals surface area contributed by atoms with E-state index in [-0.39, 0.29) is 0 Å². The van der Waals surface area contributed by atoms with E-state index in [0.29, 0.717) is 5.92 Å². The molecule has 0 spiro atoms. The zero-order chi connectivity index (χ0) is 13.5. The minimum atomic E-state index is 0.483. The van der Waals surface area contributed by atoms with E-state index in [1.165, 1.54) is 5.56 Å². The number of hydrogen-bond acceptors (Lipinski definition) is 1. The molecule has 3 heteroatoms. The van der Waals surface area contributed by atoms with E-state index in [0.717, 1.165) is 28.6 Å². The Morgan fingerprint density at radius 1 is 0.947 bits per heavy atom. The lowest BCUT2D eigenvalue weighted by atomic mass is 9.98. The average molecular weight is 384 g/mol. The number of para-hydroxylation sites is 1.